The summed E-state index contributed by atoms with van der Waals surface area (Å²) in [6.07, 6.45) is 1.98. The van der Waals surface area contributed by atoms with Gasteiger partial charge in [0.1, 0.15) is 12.4 Å². The monoisotopic (exact) mass is 326 g/mol. The van der Waals surface area contributed by atoms with Crippen LogP contribution in [-0.2, 0) is 16.0 Å². The van der Waals surface area contributed by atoms with E-state index in [2.05, 4.69) is 5.32 Å². The fraction of sp³-hybridized carbons (Fsp3) is 0.263. The molecule has 5 heteroatoms. The number of para-hydroxylation sites is 1. The molecule has 1 N–H and O–H groups in total. The van der Waals surface area contributed by atoms with Gasteiger partial charge < -0.3 is 10.2 Å². The van der Waals surface area contributed by atoms with Gasteiger partial charge in [-0.1, -0.05) is 24.3 Å². The number of hydrogen-bond acceptors (Lipinski definition) is 2. The van der Waals surface area contributed by atoms with E-state index in [0.717, 1.165) is 29.7 Å². The van der Waals surface area contributed by atoms with Crippen molar-refractivity contribution in [1.82, 2.24) is 0 Å². The molecule has 0 atom stereocenters. The lowest BCUT2D eigenvalue weighted by Gasteiger charge is -2.22. The number of nitrogens with zero attached hydrogens (tertiary/aromatic N) is 1. The Morgan fingerprint density at radius 3 is 2.79 bits per heavy atom. The second-order valence-electron chi connectivity index (χ2n) is 5.99. The van der Waals surface area contributed by atoms with Crippen LogP contribution < -0.4 is 10.2 Å². The number of fused-ring (bicyclic) bond motifs is 1. The number of halogens is 1. The molecule has 3 rings (SSSR count). The number of aryl methyl sites for hydroxylation is 2. The molecule has 1 aliphatic rings. The number of benzene rings is 2. The van der Waals surface area contributed by atoms with Crippen LogP contribution in [0, 0.1) is 12.7 Å². The fourth-order valence-corrected chi connectivity index (χ4v) is 2.91. The Labute approximate surface area is 140 Å². The zero-order chi connectivity index (χ0) is 17.1. The Balaban J connectivity index is 1.79. The Morgan fingerprint density at radius 2 is 2.00 bits per heavy atom. The smallest absolute Gasteiger partial charge is 0.244 e. The van der Waals surface area contributed by atoms with Gasteiger partial charge in [-0.05, 0) is 49.1 Å². The molecule has 2 amide bonds. The van der Waals surface area contributed by atoms with Gasteiger partial charge in [0.25, 0.3) is 0 Å². The molecule has 1 heterocycles. The first-order valence-corrected chi connectivity index (χ1v) is 7.99. The lowest BCUT2D eigenvalue weighted by molar-refractivity contribution is -0.121. The number of amides is 2. The van der Waals surface area contributed by atoms with Crippen molar-refractivity contribution in [1.29, 1.82) is 0 Å². The van der Waals surface area contributed by atoms with Crippen LogP contribution in [0.5, 0.6) is 0 Å². The molecule has 0 saturated heterocycles. The Hall–Kier alpha value is -2.69. The predicted molar refractivity (Wildman–Crippen MR) is 91.5 cm³/mol. The summed E-state index contributed by atoms with van der Waals surface area (Å²) in [6.45, 7) is 1.66. The van der Waals surface area contributed by atoms with E-state index in [1.807, 2.05) is 24.3 Å². The van der Waals surface area contributed by atoms with E-state index in [0.29, 0.717) is 6.42 Å². The van der Waals surface area contributed by atoms with Crippen molar-refractivity contribution in [2.24, 2.45) is 0 Å². The number of nitrogens with one attached hydrogen (secondary N) is 1. The molecule has 24 heavy (non-hydrogen) atoms. The van der Waals surface area contributed by atoms with Gasteiger partial charge in [0, 0.05) is 12.1 Å². The molecular weight excluding hydrogens is 307 g/mol. The van der Waals surface area contributed by atoms with Crippen LogP contribution in [0.2, 0.25) is 0 Å². The maximum atomic E-state index is 13.9. The summed E-state index contributed by atoms with van der Waals surface area (Å²) in [5.74, 6) is -0.978. The lowest BCUT2D eigenvalue weighted by Crippen LogP contribution is -2.37. The van der Waals surface area contributed by atoms with Gasteiger partial charge in [-0.25, -0.2) is 4.39 Å². The molecule has 4 nitrogen and oxygen atoms in total. The maximum absolute atomic E-state index is 13.9. The Morgan fingerprint density at radius 1 is 1.21 bits per heavy atom. The first kappa shape index (κ1) is 16.2. The standard InChI is InChI=1S/C19H19FN2O2/c1-13-9-10-16(15(20)11-13)21-18(23)12-22-17-7-3-2-5-14(17)6-4-8-19(22)24/h2-3,5,7,9-11H,4,6,8,12H2,1H3,(H,21,23). The Bertz CT molecular complexity index is 789. The van der Waals surface area contributed by atoms with Crippen molar-refractivity contribution in [2.45, 2.75) is 26.2 Å². The quantitative estimate of drug-likeness (QED) is 0.939. The van der Waals surface area contributed by atoms with Crippen LogP contribution in [0.1, 0.15) is 24.0 Å². The molecule has 0 bridgehead atoms. The van der Waals surface area contributed by atoms with E-state index in [9.17, 15) is 14.0 Å². The first-order valence-electron chi connectivity index (χ1n) is 7.99. The summed E-state index contributed by atoms with van der Waals surface area (Å²) in [7, 11) is 0. The van der Waals surface area contributed by atoms with Crippen LogP contribution in [0.4, 0.5) is 15.8 Å². The highest BCUT2D eigenvalue weighted by Gasteiger charge is 2.24. The third-order valence-corrected chi connectivity index (χ3v) is 4.12. The summed E-state index contributed by atoms with van der Waals surface area (Å²) in [6, 6.07) is 12.2. The highest BCUT2D eigenvalue weighted by molar-refractivity contribution is 6.03. The third-order valence-electron chi connectivity index (χ3n) is 4.12. The van der Waals surface area contributed by atoms with Crippen LogP contribution >= 0.6 is 0 Å². The van der Waals surface area contributed by atoms with Crippen molar-refractivity contribution in [3.63, 3.8) is 0 Å². The number of carbonyl (C=O) groups is 2. The van der Waals surface area contributed by atoms with Gasteiger partial charge in [0.05, 0.1) is 5.69 Å². The summed E-state index contributed by atoms with van der Waals surface area (Å²) in [5, 5.41) is 2.55. The normalized spacial score (nSPS) is 14.1. The van der Waals surface area contributed by atoms with E-state index in [1.165, 1.54) is 17.0 Å². The van der Waals surface area contributed by atoms with Gasteiger partial charge in [-0.2, -0.15) is 0 Å². The molecular formula is C19H19FN2O2. The minimum Gasteiger partial charge on any atom is -0.322 e. The van der Waals surface area contributed by atoms with Crippen molar-refractivity contribution >= 4 is 23.2 Å². The molecule has 2 aromatic rings. The average Bonchev–Trinajstić information content (AvgIpc) is 2.70. The number of rotatable bonds is 3. The first-order chi connectivity index (χ1) is 11.5. The molecule has 0 aliphatic carbocycles. The SMILES string of the molecule is Cc1ccc(NC(=O)CN2C(=O)CCCc3ccccc32)c(F)c1. The molecule has 0 saturated carbocycles. The molecule has 0 radical (unpaired) electrons. The van der Waals surface area contributed by atoms with E-state index in [-0.39, 0.29) is 18.1 Å². The van der Waals surface area contributed by atoms with E-state index < -0.39 is 11.7 Å². The van der Waals surface area contributed by atoms with E-state index in [4.69, 9.17) is 0 Å². The molecule has 124 valence electrons. The van der Waals surface area contributed by atoms with Crippen molar-refractivity contribution in [3.8, 4) is 0 Å². The highest BCUT2D eigenvalue weighted by atomic mass is 19.1. The van der Waals surface area contributed by atoms with Gasteiger partial charge >= 0.3 is 0 Å². The second-order valence-corrected chi connectivity index (χ2v) is 5.99. The third kappa shape index (κ3) is 3.45. The van der Waals surface area contributed by atoms with Crippen molar-refractivity contribution in [3.05, 3.63) is 59.4 Å². The van der Waals surface area contributed by atoms with E-state index in [1.54, 1.807) is 13.0 Å². The predicted octanol–water partition coefficient (Wildman–Crippen LogP) is 3.44. The summed E-state index contributed by atoms with van der Waals surface area (Å²) in [5.41, 5.74) is 2.72. The van der Waals surface area contributed by atoms with Gasteiger partial charge in [0.15, 0.2) is 0 Å². The van der Waals surface area contributed by atoms with Gasteiger partial charge in [-0.3, -0.25) is 9.59 Å². The molecule has 2 aromatic carbocycles. The maximum Gasteiger partial charge on any atom is 0.244 e. The molecule has 0 unspecified atom stereocenters. The van der Waals surface area contributed by atoms with E-state index >= 15 is 0 Å². The lowest BCUT2D eigenvalue weighted by atomic mass is 10.1. The summed E-state index contributed by atoms with van der Waals surface area (Å²) < 4.78 is 13.9. The second kappa shape index (κ2) is 6.83. The number of carbonyl (C=O) groups excluding carboxylic acids is 2. The zero-order valence-electron chi connectivity index (χ0n) is 13.5. The van der Waals surface area contributed by atoms with Crippen LogP contribution in [0.15, 0.2) is 42.5 Å². The number of hydrogen-bond donors (Lipinski definition) is 1. The highest BCUT2D eigenvalue weighted by Crippen LogP contribution is 2.26. The van der Waals surface area contributed by atoms with Crippen LogP contribution in [-0.4, -0.2) is 18.4 Å². The minimum atomic E-state index is -0.481. The molecule has 1 aliphatic heterocycles. The summed E-state index contributed by atoms with van der Waals surface area (Å²) in [4.78, 5) is 26.2. The van der Waals surface area contributed by atoms with Crippen LogP contribution in [0.3, 0.4) is 0 Å². The van der Waals surface area contributed by atoms with Crippen LogP contribution in [0.25, 0.3) is 0 Å². The fourth-order valence-electron chi connectivity index (χ4n) is 2.91. The van der Waals surface area contributed by atoms with Crippen molar-refractivity contribution < 1.29 is 14.0 Å². The average molecular weight is 326 g/mol. The summed E-state index contributed by atoms with van der Waals surface area (Å²) >= 11 is 0. The molecule has 0 aromatic heterocycles. The number of anilines is 2. The Kier molecular flexibility index (Phi) is 4.60. The van der Waals surface area contributed by atoms with Crippen molar-refractivity contribution in [2.75, 3.05) is 16.8 Å². The van der Waals surface area contributed by atoms with Gasteiger partial charge in [-0.15, -0.1) is 0 Å². The molecule has 0 spiro atoms. The molecule has 0 fully saturated rings. The zero-order valence-corrected chi connectivity index (χ0v) is 13.5. The largest absolute Gasteiger partial charge is 0.322 e. The topological polar surface area (TPSA) is 49.4 Å². The minimum absolute atomic E-state index is 0.0838. The van der Waals surface area contributed by atoms with Gasteiger partial charge in [0.2, 0.25) is 11.8 Å².